The monoisotopic (exact) mass is 242 g/mol. The number of hydrogen-bond acceptors (Lipinski definition) is 2. The largest absolute Gasteiger partial charge is 0.398 e. The van der Waals surface area contributed by atoms with Gasteiger partial charge in [0.15, 0.2) is 5.43 Å². The number of nitrogens with zero attached hydrogens (tertiary/aromatic N) is 1. The molecule has 3 nitrogen and oxygen atoms in total. The van der Waals surface area contributed by atoms with Gasteiger partial charge in [0.1, 0.15) is 0 Å². The lowest BCUT2D eigenvalue weighted by Gasteiger charge is -2.15. The first-order valence-corrected chi connectivity index (χ1v) is 6.12. The topological polar surface area (TPSA) is 48.0 Å². The van der Waals surface area contributed by atoms with Crippen molar-refractivity contribution in [2.75, 3.05) is 5.73 Å². The average Bonchev–Trinajstić information content (AvgIpc) is 2.27. The van der Waals surface area contributed by atoms with E-state index in [1.165, 1.54) is 0 Å². The highest BCUT2D eigenvalue weighted by Crippen LogP contribution is 2.20. The lowest BCUT2D eigenvalue weighted by Crippen LogP contribution is -2.11. The normalized spacial score (nSPS) is 10.6. The summed E-state index contributed by atoms with van der Waals surface area (Å²) in [6.07, 6.45) is 0.925. The molecule has 18 heavy (non-hydrogen) atoms. The number of anilines is 1. The van der Waals surface area contributed by atoms with E-state index in [4.69, 9.17) is 5.73 Å². The zero-order valence-corrected chi connectivity index (χ0v) is 11.0. The summed E-state index contributed by atoms with van der Waals surface area (Å²) in [5.41, 5.74) is 10.9. The van der Waals surface area contributed by atoms with Crippen LogP contribution in [0.5, 0.6) is 0 Å². The Labute approximate surface area is 107 Å². The highest BCUT2D eigenvalue weighted by atomic mass is 16.1. The molecule has 3 heteroatoms. The second kappa shape index (κ2) is 4.69. The zero-order valence-electron chi connectivity index (χ0n) is 11.0. The Balaban J connectivity index is 2.62. The van der Waals surface area contributed by atoms with Crippen molar-refractivity contribution in [1.29, 1.82) is 0 Å². The van der Waals surface area contributed by atoms with Gasteiger partial charge in [0.05, 0.1) is 0 Å². The van der Waals surface area contributed by atoms with Crippen molar-refractivity contribution in [2.24, 2.45) is 0 Å². The Morgan fingerprint density at radius 1 is 1.11 bits per heavy atom. The van der Waals surface area contributed by atoms with Gasteiger partial charge in [0.2, 0.25) is 0 Å². The van der Waals surface area contributed by atoms with E-state index >= 15 is 0 Å². The standard InChI is InChI=1S/C15H18N2O/c1-4-12-5-6-13(9-15(12)16)17-10(2)7-14(18)8-11(17)3/h5-9H,4,16H2,1-3H3. The number of pyridine rings is 1. The summed E-state index contributed by atoms with van der Waals surface area (Å²) >= 11 is 0. The van der Waals surface area contributed by atoms with Crippen LogP contribution >= 0.6 is 0 Å². The van der Waals surface area contributed by atoms with Crippen molar-refractivity contribution in [3.63, 3.8) is 0 Å². The van der Waals surface area contributed by atoms with Crippen LogP contribution in [0.2, 0.25) is 0 Å². The number of aryl methyl sites for hydroxylation is 3. The highest BCUT2D eigenvalue weighted by Gasteiger charge is 2.06. The second-order valence-electron chi connectivity index (χ2n) is 4.55. The third-order valence-electron chi connectivity index (χ3n) is 3.18. The molecule has 0 saturated heterocycles. The van der Waals surface area contributed by atoms with Gasteiger partial charge in [-0.25, -0.2) is 0 Å². The average molecular weight is 242 g/mol. The maximum atomic E-state index is 11.4. The maximum Gasteiger partial charge on any atom is 0.182 e. The first kappa shape index (κ1) is 12.4. The van der Waals surface area contributed by atoms with Crippen LogP contribution in [0.15, 0.2) is 35.1 Å². The fourth-order valence-corrected chi connectivity index (χ4v) is 2.31. The molecule has 0 amide bonds. The van der Waals surface area contributed by atoms with Crippen LogP contribution in [-0.4, -0.2) is 4.57 Å². The summed E-state index contributed by atoms with van der Waals surface area (Å²) in [6.45, 7) is 5.94. The minimum Gasteiger partial charge on any atom is -0.398 e. The number of nitrogens with two attached hydrogens (primary N) is 1. The van der Waals surface area contributed by atoms with E-state index in [-0.39, 0.29) is 5.43 Å². The molecule has 0 spiro atoms. The Kier molecular flexibility index (Phi) is 3.24. The molecule has 2 N–H and O–H groups in total. The molecule has 1 aromatic heterocycles. The molecule has 1 aromatic carbocycles. The summed E-state index contributed by atoms with van der Waals surface area (Å²) in [5.74, 6) is 0. The molecule has 1 heterocycles. The SMILES string of the molecule is CCc1ccc(-n2c(C)cc(=O)cc2C)cc1N. The van der Waals surface area contributed by atoms with Crippen LogP contribution in [-0.2, 0) is 6.42 Å². The van der Waals surface area contributed by atoms with Crippen LogP contribution in [0.3, 0.4) is 0 Å². The fraction of sp³-hybridized carbons (Fsp3) is 0.267. The minimum absolute atomic E-state index is 0.0411. The Bertz CT molecular complexity index is 615. The van der Waals surface area contributed by atoms with E-state index in [9.17, 15) is 4.79 Å². The molecule has 2 rings (SSSR count). The van der Waals surface area contributed by atoms with Crippen molar-refractivity contribution in [3.8, 4) is 5.69 Å². The van der Waals surface area contributed by atoms with E-state index in [1.807, 2.05) is 36.6 Å². The van der Waals surface area contributed by atoms with E-state index in [1.54, 1.807) is 12.1 Å². The van der Waals surface area contributed by atoms with Crippen LogP contribution in [0.25, 0.3) is 5.69 Å². The first-order valence-electron chi connectivity index (χ1n) is 6.12. The minimum atomic E-state index is 0.0411. The predicted octanol–water partition coefficient (Wildman–Crippen LogP) is 2.60. The molecule has 0 radical (unpaired) electrons. The van der Waals surface area contributed by atoms with E-state index in [0.717, 1.165) is 34.7 Å². The van der Waals surface area contributed by atoms with Crippen LogP contribution in [0.1, 0.15) is 23.9 Å². The molecule has 0 aliphatic rings. The van der Waals surface area contributed by atoms with E-state index < -0.39 is 0 Å². The summed E-state index contributed by atoms with van der Waals surface area (Å²) in [4.78, 5) is 11.4. The van der Waals surface area contributed by atoms with Crippen molar-refractivity contribution < 1.29 is 0 Å². The molecular formula is C15H18N2O. The van der Waals surface area contributed by atoms with Gasteiger partial charge in [-0.1, -0.05) is 13.0 Å². The van der Waals surface area contributed by atoms with Crippen LogP contribution in [0, 0.1) is 13.8 Å². The van der Waals surface area contributed by atoms with Gasteiger partial charge in [-0.2, -0.15) is 0 Å². The molecule has 0 saturated carbocycles. The molecule has 0 bridgehead atoms. The molecule has 0 aliphatic heterocycles. The first-order chi connectivity index (χ1) is 8.52. The smallest absolute Gasteiger partial charge is 0.182 e. The van der Waals surface area contributed by atoms with Gasteiger partial charge in [-0.15, -0.1) is 0 Å². The quantitative estimate of drug-likeness (QED) is 0.823. The predicted molar refractivity (Wildman–Crippen MR) is 75.3 cm³/mol. The number of rotatable bonds is 2. The summed E-state index contributed by atoms with van der Waals surface area (Å²) in [5, 5.41) is 0. The van der Waals surface area contributed by atoms with E-state index in [0.29, 0.717) is 0 Å². The molecular weight excluding hydrogens is 224 g/mol. The number of aromatic nitrogens is 1. The van der Waals surface area contributed by atoms with Gasteiger partial charge in [-0.3, -0.25) is 4.79 Å². The second-order valence-corrected chi connectivity index (χ2v) is 4.55. The molecule has 2 aromatic rings. The molecule has 0 atom stereocenters. The summed E-state index contributed by atoms with van der Waals surface area (Å²) in [7, 11) is 0. The zero-order chi connectivity index (χ0) is 13.3. The van der Waals surface area contributed by atoms with Gasteiger partial charge in [-0.05, 0) is 38.0 Å². The fourth-order valence-electron chi connectivity index (χ4n) is 2.31. The molecule has 0 unspecified atom stereocenters. The van der Waals surface area contributed by atoms with E-state index in [2.05, 4.69) is 6.92 Å². The number of hydrogen-bond donors (Lipinski definition) is 1. The maximum absolute atomic E-state index is 11.4. The van der Waals surface area contributed by atoms with Crippen molar-refractivity contribution in [3.05, 3.63) is 57.5 Å². The van der Waals surface area contributed by atoms with Gasteiger partial charge >= 0.3 is 0 Å². The van der Waals surface area contributed by atoms with Crippen molar-refractivity contribution in [2.45, 2.75) is 27.2 Å². The molecule has 0 fully saturated rings. The third-order valence-corrected chi connectivity index (χ3v) is 3.18. The van der Waals surface area contributed by atoms with Crippen LogP contribution < -0.4 is 11.2 Å². The highest BCUT2D eigenvalue weighted by molar-refractivity contribution is 5.54. The number of benzene rings is 1. The lowest BCUT2D eigenvalue weighted by atomic mass is 10.1. The summed E-state index contributed by atoms with van der Waals surface area (Å²) < 4.78 is 2.04. The Morgan fingerprint density at radius 3 is 2.22 bits per heavy atom. The summed E-state index contributed by atoms with van der Waals surface area (Å²) in [6, 6.07) is 9.32. The molecule has 94 valence electrons. The third kappa shape index (κ3) is 2.16. The Hall–Kier alpha value is -2.03. The van der Waals surface area contributed by atoms with Gasteiger partial charge < -0.3 is 10.3 Å². The van der Waals surface area contributed by atoms with Crippen LogP contribution in [0.4, 0.5) is 5.69 Å². The van der Waals surface area contributed by atoms with Crippen molar-refractivity contribution >= 4 is 5.69 Å². The lowest BCUT2D eigenvalue weighted by molar-refractivity contribution is 0.921. The van der Waals surface area contributed by atoms with Gasteiger partial charge in [0.25, 0.3) is 0 Å². The van der Waals surface area contributed by atoms with Crippen molar-refractivity contribution in [1.82, 2.24) is 4.57 Å². The molecule has 0 aliphatic carbocycles. The Morgan fingerprint density at radius 2 is 1.72 bits per heavy atom. The number of nitrogen functional groups attached to an aromatic ring is 1. The van der Waals surface area contributed by atoms with Gasteiger partial charge in [0, 0.05) is 34.9 Å².